The number of nitrogens with zero attached hydrogens (tertiary/aromatic N) is 3. The summed E-state index contributed by atoms with van der Waals surface area (Å²) in [6.45, 7) is 2.19. The lowest BCUT2D eigenvalue weighted by molar-refractivity contribution is -0.112. The van der Waals surface area contributed by atoms with Crippen molar-refractivity contribution < 1.29 is 13.2 Å². The highest BCUT2D eigenvalue weighted by molar-refractivity contribution is 8.01. The first-order valence-corrected chi connectivity index (χ1v) is 12.2. The maximum absolute atomic E-state index is 12.8. The van der Waals surface area contributed by atoms with E-state index in [4.69, 9.17) is 11.6 Å². The molecule has 11 heteroatoms. The summed E-state index contributed by atoms with van der Waals surface area (Å²) in [6, 6.07) is 5.20. The molecule has 1 aromatic carbocycles. The van der Waals surface area contributed by atoms with Crippen molar-refractivity contribution in [2.45, 2.75) is 16.2 Å². The molecule has 0 saturated heterocycles. The number of thiazole rings is 1. The quantitative estimate of drug-likeness (QED) is 0.738. The lowest BCUT2D eigenvalue weighted by Gasteiger charge is -2.28. The Bertz CT molecular complexity index is 1180. The second-order valence-corrected chi connectivity index (χ2v) is 10.6. The van der Waals surface area contributed by atoms with Gasteiger partial charge in [0, 0.05) is 34.4 Å². The van der Waals surface area contributed by atoms with Crippen LogP contribution in [-0.4, -0.2) is 42.3 Å². The third-order valence-corrected chi connectivity index (χ3v) is 7.79. The molecule has 0 aliphatic carbocycles. The third kappa shape index (κ3) is 4.55. The van der Waals surface area contributed by atoms with Crippen LogP contribution < -0.4 is 5.32 Å². The van der Waals surface area contributed by atoms with Crippen LogP contribution in [0.3, 0.4) is 0 Å². The van der Waals surface area contributed by atoms with E-state index in [1.165, 1.54) is 23.1 Å². The third-order valence-electron chi connectivity index (χ3n) is 4.09. The van der Waals surface area contributed by atoms with Gasteiger partial charge in [-0.2, -0.15) is 0 Å². The Morgan fingerprint density at radius 3 is 2.93 bits per heavy atom. The number of sulfonamides is 1. The number of amidine groups is 1. The molecule has 0 bridgehead atoms. The van der Waals surface area contributed by atoms with Crippen LogP contribution in [0.2, 0.25) is 5.02 Å². The van der Waals surface area contributed by atoms with Crippen molar-refractivity contribution in [2.24, 2.45) is 4.40 Å². The summed E-state index contributed by atoms with van der Waals surface area (Å²) in [6.07, 6.45) is 4.93. The number of aromatic nitrogens is 1. The number of benzene rings is 1. The van der Waals surface area contributed by atoms with Crippen LogP contribution in [0.4, 0.5) is 5.69 Å². The topological polar surface area (TPSA) is 91.7 Å². The van der Waals surface area contributed by atoms with E-state index >= 15 is 0 Å². The van der Waals surface area contributed by atoms with Crippen LogP contribution >= 0.6 is 34.7 Å². The Balaban J connectivity index is 1.52. The van der Waals surface area contributed by atoms with Gasteiger partial charge in [-0.1, -0.05) is 23.4 Å². The lowest BCUT2D eigenvalue weighted by Crippen LogP contribution is -2.40. The highest BCUT2D eigenvalue weighted by atomic mass is 35.5. The van der Waals surface area contributed by atoms with Crippen LogP contribution in [0.1, 0.15) is 5.69 Å². The molecule has 0 fully saturated rings. The summed E-state index contributed by atoms with van der Waals surface area (Å²) < 4.78 is 28.3. The van der Waals surface area contributed by atoms with Crippen molar-refractivity contribution in [3.63, 3.8) is 0 Å². The van der Waals surface area contributed by atoms with Gasteiger partial charge in [-0.05, 0) is 37.3 Å². The molecule has 0 saturated carbocycles. The number of carbonyl (C=O) groups is 1. The minimum absolute atomic E-state index is 0.0803. The zero-order valence-electron chi connectivity index (χ0n) is 15.1. The normalized spacial score (nSPS) is 17.4. The summed E-state index contributed by atoms with van der Waals surface area (Å²) in [5.41, 5.74) is 1.64. The number of carbonyl (C=O) groups excluding carboxylic acids is 1. The number of aryl methyl sites for hydroxylation is 1. The molecule has 4 rings (SSSR count). The molecule has 1 amide bonds. The summed E-state index contributed by atoms with van der Waals surface area (Å²) in [4.78, 5) is 19.6. The second-order valence-electron chi connectivity index (χ2n) is 6.27. The van der Waals surface area contributed by atoms with E-state index in [0.717, 1.165) is 14.9 Å². The van der Waals surface area contributed by atoms with Crippen molar-refractivity contribution in [1.29, 1.82) is 0 Å². The van der Waals surface area contributed by atoms with E-state index in [1.807, 2.05) is 18.4 Å². The zero-order valence-corrected chi connectivity index (χ0v) is 18.3. The van der Waals surface area contributed by atoms with Crippen molar-refractivity contribution in [2.75, 3.05) is 17.6 Å². The van der Waals surface area contributed by atoms with Gasteiger partial charge in [0.2, 0.25) is 0 Å². The molecular weight excluding hydrogens is 452 g/mol. The molecule has 29 heavy (non-hydrogen) atoms. The van der Waals surface area contributed by atoms with E-state index in [2.05, 4.69) is 14.7 Å². The second kappa shape index (κ2) is 7.94. The average Bonchev–Trinajstić information content (AvgIpc) is 3.07. The molecule has 2 aliphatic heterocycles. The van der Waals surface area contributed by atoms with E-state index < -0.39 is 15.9 Å². The van der Waals surface area contributed by atoms with Crippen LogP contribution in [0.15, 0.2) is 61.1 Å². The Hall–Kier alpha value is -2.14. The highest BCUT2D eigenvalue weighted by Crippen LogP contribution is 2.36. The molecular formula is C18H15ClN4O3S3. The molecule has 7 nitrogen and oxygen atoms in total. The number of anilines is 1. The van der Waals surface area contributed by atoms with Gasteiger partial charge in [-0.15, -0.1) is 15.7 Å². The van der Waals surface area contributed by atoms with Gasteiger partial charge in [-0.25, -0.2) is 13.4 Å². The SMILES string of the molecule is Cc1csc(Sc2ccc(NC(=O)C3=CC=CN4CCS(=O)(=O)N=C34)cc2Cl)n1. The molecule has 1 aromatic heterocycles. The summed E-state index contributed by atoms with van der Waals surface area (Å²) in [5.74, 6) is -0.404. The number of fused-ring (bicyclic) bond motifs is 1. The Morgan fingerprint density at radius 2 is 2.21 bits per heavy atom. The number of hydrogen-bond acceptors (Lipinski definition) is 7. The Labute approximate surface area is 181 Å². The fourth-order valence-corrected chi connectivity index (χ4v) is 5.81. The Morgan fingerprint density at radius 1 is 1.38 bits per heavy atom. The van der Waals surface area contributed by atoms with Gasteiger partial charge in [0.1, 0.15) is 0 Å². The highest BCUT2D eigenvalue weighted by Gasteiger charge is 2.30. The van der Waals surface area contributed by atoms with E-state index in [9.17, 15) is 13.2 Å². The van der Waals surface area contributed by atoms with Crippen molar-refractivity contribution >= 4 is 62.2 Å². The van der Waals surface area contributed by atoms with Crippen LogP contribution in [0, 0.1) is 6.92 Å². The maximum Gasteiger partial charge on any atom is 0.259 e. The van der Waals surface area contributed by atoms with E-state index in [-0.39, 0.29) is 23.7 Å². The molecule has 3 heterocycles. The molecule has 0 atom stereocenters. The summed E-state index contributed by atoms with van der Waals surface area (Å²) in [5, 5.41) is 5.21. The first kappa shape index (κ1) is 20.1. The Kier molecular flexibility index (Phi) is 5.52. The maximum atomic E-state index is 12.8. The van der Waals surface area contributed by atoms with E-state index in [1.54, 1.807) is 35.4 Å². The van der Waals surface area contributed by atoms with Crippen LogP contribution in [0.5, 0.6) is 0 Å². The predicted molar refractivity (Wildman–Crippen MR) is 116 cm³/mol. The predicted octanol–water partition coefficient (Wildman–Crippen LogP) is 3.69. The monoisotopic (exact) mass is 466 g/mol. The minimum Gasteiger partial charge on any atom is -0.331 e. The van der Waals surface area contributed by atoms with E-state index in [0.29, 0.717) is 10.7 Å². The summed E-state index contributed by atoms with van der Waals surface area (Å²) >= 11 is 9.37. The molecule has 2 aromatic rings. The van der Waals surface area contributed by atoms with Gasteiger partial charge < -0.3 is 10.2 Å². The number of rotatable bonds is 4. The lowest BCUT2D eigenvalue weighted by atomic mass is 10.1. The molecule has 0 spiro atoms. The fraction of sp³-hybridized carbons (Fsp3) is 0.167. The van der Waals surface area contributed by atoms with Gasteiger partial charge in [-0.3, -0.25) is 4.79 Å². The van der Waals surface area contributed by atoms with Crippen molar-refractivity contribution in [1.82, 2.24) is 9.88 Å². The number of hydrogen-bond donors (Lipinski definition) is 1. The number of allylic oxidation sites excluding steroid dienone is 2. The van der Waals surface area contributed by atoms with Crippen molar-refractivity contribution in [3.05, 3.63) is 58.2 Å². The van der Waals surface area contributed by atoms with Gasteiger partial charge in [0.05, 0.1) is 16.3 Å². The standard InChI is InChI=1S/C18H15ClN4O3S3/c1-11-10-27-18(20-11)28-15-5-4-12(9-14(15)19)21-17(24)13-3-2-6-23-7-8-29(25,26)22-16(13)23/h2-6,9-10H,7-8H2,1H3,(H,21,24). The first-order chi connectivity index (χ1) is 13.8. The minimum atomic E-state index is -3.57. The van der Waals surface area contributed by atoms with Gasteiger partial charge in [0.15, 0.2) is 10.2 Å². The smallest absolute Gasteiger partial charge is 0.259 e. The van der Waals surface area contributed by atoms with Crippen LogP contribution in [-0.2, 0) is 14.8 Å². The summed E-state index contributed by atoms with van der Waals surface area (Å²) in [7, 11) is -3.57. The van der Waals surface area contributed by atoms with Crippen LogP contribution in [0.25, 0.3) is 0 Å². The molecule has 150 valence electrons. The molecule has 1 N–H and O–H groups in total. The number of amides is 1. The largest absolute Gasteiger partial charge is 0.331 e. The molecule has 0 unspecified atom stereocenters. The van der Waals surface area contributed by atoms with Crippen molar-refractivity contribution in [3.8, 4) is 0 Å². The van der Waals surface area contributed by atoms with Gasteiger partial charge >= 0.3 is 0 Å². The molecule has 2 aliphatic rings. The molecule has 0 radical (unpaired) electrons. The fourth-order valence-electron chi connectivity index (χ4n) is 2.73. The van der Waals surface area contributed by atoms with Gasteiger partial charge in [0.25, 0.3) is 15.9 Å². The average molecular weight is 467 g/mol. The number of nitrogens with one attached hydrogen (secondary N) is 1. The number of halogens is 1. The first-order valence-electron chi connectivity index (χ1n) is 8.50. The zero-order chi connectivity index (χ0) is 20.6.